The summed E-state index contributed by atoms with van der Waals surface area (Å²) in [7, 11) is 0.465. The van der Waals surface area contributed by atoms with E-state index in [-0.39, 0.29) is 32.7 Å². The summed E-state index contributed by atoms with van der Waals surface area (Å²) in [6.45, 7) is -0.0274. The van der Waals surface area contributed by atoms with Gasteiger partial charge in [0.25, 0.3) is 11.6 Å². The first-order valence-electron chi connectivity index (χ1n) is 7.85. The van der Waals surface area contributed by atoms with Gasteiger partial charge >= 0.3 is 0 Å². The number of halogens is 2. The van der Waals surface area contributed by atoms with E-state index in [1.807, 2.05) is 0 Å². The van der Waals surface area contributed by atoms with Gasteiger partial charge < -0.3 is 4.90 Å². The number of benzene rings is 2. The van der Waals surface area contributed by atoms with E-state index in [0.717, 1.165) is 4.31 Å². The third kappa shape index (κ3) is 4.61. The first-order chi connectivity index (χ1) is 12.9. The van der Waals surface area contributed by atoms with Crippen molar-refractivity contribution >= 4 is 44.8 Å². The first kappa shape index (κ1) is 22.1. The van der Waals surface area contributed by atoms with Gasteiger partial charge in [-0.1, -0.05) is 23.2 Å². The van der Waals surface area contributed by atoms with Gasteiger partial charge in [-0.15, -0.1) is 0 Å². The average Bonchev–Trinajstić information content (AvgIpc) is 2.62. The molecular weight excluding hydrogens is 429 g/mol. The van der Waals surface area contributed by atoms with Gasteiger partial charge in [-0.25, -0.2) is 12.7 Å². The fraction of sp³-hybridized carbons (Fsp3) is 0.235. The maximum Gasteiger partial charge on any atom is 0.269 e. The summed E-state index contributed by atoms with van der Waals surface area (Å²) in [4.78, 5) is 24.4. The molecule has 0 aliphatic rings. The van der Waals surface area contributed by atoms with E-state index >= 15 is 0 Å². The van der Waals surface area contributed by atoms with Crippen molar-refractivity contribution in [2.45, 2.75) is 11.4 Å². The van der Waals surface area contributed by atoms with Crippen molar-refractivity contribution in [1.82, 2.24) is 9.21 Å². The molecule has 28 heavy (non-hydrogen) atoms. The number of nitrogens with zero attached hydrogens (tertiary/aromatic N) is 3. The Balaban J connectivity index is 2.36. The summed E-state index contributed by atoms with van der Waals surface area (Å²) in [5.74, 6) is -0.552. The summed E-state index contributed by atoms with van der Waals surface area (Å²) in [5.41, 5.74) is 0.214. The Labute approximate surface area is 172 Å². The highest BCUT2D eigenvalue weighted by Gasteiger charge is 2.23. The maximum absolute atomic E-state index is 12.8. The van der Waals surface area contributed by atoms with E-state index < -0.39 is 20.9 Å². The number of nitro benzene ring substituents is 1. The monoisotopic (exact) mass is 445 g/mol. The predicted octanol–water partition coefficient (Wildman–Crippen LogP) is 3.42. The Morgan fingerprint density at radius 3 is 2.25 bits per heavy atom. The Morgan fingerprint density at radius 1 is 1.07 bits per heavy atom. The van der Waals surface area contributed by atoms with Crippen LogP contribution in [-0.2, 0) is 16.6 Å². The predicted molar refractivity (Wildman–Crippen MR) is 106 cm³/mol. The number of non-ortho nitro benzene ring substituents is 1. The number of carbonyl (C=O) groups excluding carboxylic acids is 1. The molecule has 0 fully saturated rings. The molecule has 0 saturated heterocycles. The molecule has 150 valence electrons. The smallest absolute Gasteiger partial charge is 0.269 e. The van der Waals surface area contributed by atoms with Crippen LogP contribution in [0.3, 0.4) is 0 Å². The van der Waals surface area contributed by atoms with Crippen LogP contribution in [0.25, 0.3) is 0 Å². The molecule has 0 N–H and O–H groups in total. The lowest BCUT2D eigenvalue weighted by molar-refractivity contribution is -0.384. The van der Waals surface area contributed by atoms with E-state index in [9.17, 15) is 23.3 Å². The number of amides is 1. The molecule has 0 radical (unpaired) electrons. The number of hydrogen-bond donors (Lipinski definition) is 0. The summed E-state index contributed by atoms with van der Waals surface area (Å²) >= 11 is 12.2. The molecule has 0 saturated carbocycles. The van der Waals surface area contributed by atoms with Crippen LogP contribution in [0.2, 0.25) is 10.0 Å². The maximum atomic E-state index is 12.8. The lowest BCUT2D eigenvalue weighted by Crippen LogP contribution is -2.27. The Bertz CT molecular complexity index is 1040. The van der Waals surface area contributed by atoms with Crippen molar-refractivity contribution in [3.63, 3.8) is 0 Å². The topological polar surface area (TPSA) is 101 Å². The molecule has 0 atom stereocenters. The number of hydrogen-bond acceptors (Lipinski definition) is 5. The molecule has 0 spiro atoms. The highest BCUT2D eigenvalue weighted by atomic mass is 35.5. The quantitative estimate of drug-likeness (QED) is 0.500. The van der Waals surface area contributed by atoms with Crippen LogP contribution in [0.15, 0.2) is 41.3 Å². The average molecular weight is 446 g/mol. The van der Waals surface area contributed by atoms with Crippen LogP contribution in [0.1, 0.15) is 15.9 Å². The normalized spacial score (nSPS) is 11.5. The third-order valence-electron chi connectivity index (χ3n) is 3.94. The minimum atomic E-state index is -3.75. The number of rotatable bonds is 6. The molecule has 0 aliphatic heterocycles. The summed E-state index contributed by atoms with van der Waals surface area (Å²) in [6.07, 6.45) is 0. The Kier molecular flexibility index (Phi) is 6.66. The van der Waals surface area contributed by atoms with E-state index in [0.29, 0.717) is 5.56 Å². The zero-order valence-corrected chi connectivity index (χ0v) is 17.5. The van der Waals surface area contributed by atoms with Crippen LogP contribution in [0.5, 0.6) is 0 Å². The molecule has 8 nitrogen and oxygen atoms in total. The van der Waals surface area contributed by atoms with Gasteiger partial charge in [-0.2, -0.15) is 0 Å². The fourth-order valence-electron chi connectivity index (χ4n) is 2.37. The van der Waals surface area contributed by atoms with Crippen molar-refractivity contribution in [3.8, 4) is 0 Å². The summed E-state index contributed by atoms with van der Waals surface area (Å²) in [5, 5.41) is 11.3. The molecule has 11 heteroatoms. The largest absolute Gasteiger partial charge is 0.337 e. The molecule has 0 aromatic heterocycles. The van der Waals surface area contributed by atoms with Gasteiger partial charge in [0.15, 0.2) is 0 Å². The Morgan fingerprint density at radius 2 is 1.68 bits per heavy atom. The number of nitro groups is 1. The van der Waals surface area contributed by atoms with Crippen LogP contribution >= 0.6 is 23.2 Å². The van der Waals surface area contributed by atoms with Crippen LogP contribution < -0.4 is 0 Å². The zero-order valence-electron chi connectivity index (χ0n) is 15.2. The van der Waals surface area contributed by atoms with E-state index in [2.05, 4.69) is 0 Å². The number of carbonyl (C=O) groups is 1. The number of sulfonamides is 1. The van der Waals surface area contributed by atoms with E-state index in [1.165, 1.54) is 62.4 Å². The molecule has 0 heterocycles. The second-order valence-electron chi connectivity index (χ2n) is 6.12. The van der Waals surface area contributed by atoms with Gasteiger partial charge in [0.1, 0.15) is 0 Å². The van der Waals surface area contributed by atoms with Gasteiger partial charge in [-0.3, -0.25) is 14.9 Å². The third-order valence-corrected chi connectivity index (χ3v) is 6.45. The molecule has 2 aromatic carbocycles. The van der Waals surface area contributed by atoms with Crippen molar-refractivity contribution in [1.29, 1.82) is 0 Å². The van der Waals surface area contributed by atoms with Crippen LogP contribution in [0.4, 0.5) is 5.69 Å². The molecule has 1 amide bonds. The molecule has 0 aliphatic carbocycles. The second-order valence-corrected chi connectivity index (χ2v) is 9.09. The van der Waals surface area contributed by atoms with Gasteiger partial charge in [-0.05, 0) is 29.8 Å². The molecular formula is C17H17Cl2N3O5S. The lowest BCUT2D eigenvalue weighted by atomic mass is 10.1. The molecule has 0 bridgehead atoms. The van der Waals surface area contributed by atoms with Crippen LogP contribution in [-0.4, -0.2) is 49.6 Å². The minimum absolute atomic E-state index is 0.00588. The summed E-state index contributed by atoms with van der Waals surface area (Å²) in [6, 6.07) is 7.77. The minimum Gasteiger partial charge on any atom is -0.337 e. The molecule has 2 rings (SSSR count). The van der Waals surface area contributed by atoms with Crippen molar-refractivity contribution in [3.05, 3.63) is 67.7 Å². The van der Waals surface area contributed by atoms with Crippen LogP contribution in [0, 0.1) is 10.1 Å². The Hall–Kier alpha value is -2.20. The SMILES string of the molecule is CN(Cc1cc([N+](=O)[O-])ccc1Cl)C(=O)c1cc(S(=O)(=O)N(C)C)ccc1Cl. The highest BCUT2D eigenvalue weighted by Crippen LogP contribution is 2.26. The van der Waals surface area contributed by atoms with Crippen molar-refractivity contribution < 1.29 is 18.1 Å². The highest BCUT2D eigenvalue weighted by molar-refractivity contribution is 7.89. The van der Waals surface area contributed by atoms with Gasteiger partial charge in [0.2, 0.25) is 10.0 Å². The second kappa shape index (κ2) is 8.44. The van der Waals surface area contributed by atoms with E-state index in [1.54, 1.807) is 0 Å². The molecule has 0 unspecified atom stereocenters. The first-order valence-corrected chi connectivity index (χ1v) is 10.0. The van der Waals surface area contributed by atoms with Gasteiger partial charge in [0, 0.05) is 44.8 Å². The summed E-state index contributed by atoms with van der Waals surface area (Å²) < 4.78 is 25.6. The zero-order chi connectivity index (χ0) is 21.2. The standard InChI is InChI=1S/C17H17Cl2N3O5S/c1-20(2)28(26,27)13-5-7-16(19)14(9-13)17(23)21(3)10-11-8-12(22(24)25)4-6-15(11)18/h4-9H,10H2,1-3H3. The van der Waals surface area contributed by atoms with E-state index in [4.69, 9.17) is 23.2 Å². The van der Waals surface area contributed by atoms with Crippen molar-refractivity contribution in [2.75, 3.05) is 21.1 Å². The molecule has 2 aromatic rings. The van der Waals surface area contributed by atoms with Gasteiger partial charge in [0.05, 0.1) is 20.4 Å². The lowest BCUT2D eigenvalue weighted by Gasteiger charge is -2.19. The fourth-order valence-corrected chi connectivity index (χ4v) is 3.67. The van der Waals surface area contributed by atoms with Crippen molar-refractivity contribution in [2.24, 2.45) is 0 Å².